The maximum atomic E-state index is 13.0. The van der Waals surface area contributed by atoms with Gasteiger partial charge in [0.15, 0.2) is 0 Å². The molecular formula is C21H28NO4Se+. The summed E-state index contributed by atoms with van der Waals surface area (Å²) >= 11 is -4.39. The Bertz CT molecular complexity index is 884. The Morgan fingerprint density at radius 3 is 2.04 bits per heavy atom. The second-order valence-electron chi connectivity index (χ2n) is 7.61. The molecule has 0 heterocycles. The van der Waals surface area contributed by atoms with Crippen molar-refractivity contribution in [1.82, 2.24) is 0 Å². The van der Waals surface area contributed by atoms with E-state index in [0.29, 0.717) is 4.46 Å². The van der Waals surface area contributed by atoms with E-state index < -0.39 is 24.2 Å². The third kappa shape index (κ3) is 4.29. The number of hydrogen-bond donors (Lipinski definition) is 0. The summed E-state index contributed by atoms with van der Waals surface area (Å²) in [5, 5.41) is -0.0843. The van der Waals surface area contributed by atoms with Gasteiger partial charge in [0.05, 0.1) is 0 Å². The van der Waals surface area contributed by atoms with Crippen LogP contribution in [-0.2, 0) is 22.7 Å². The van der Waals surface area contributed by atoms with E-state index in [2.05, 4.69) is 0 Å². The fourth-order valence-electron chi connectivity index (χ4n) is 3.39. The zero-order valence-corrected chi connectivity index (χ0v) is 18.3. The molecule has 2 aromatic carbocycles. The Labute approximate surface area is 163 Å². The van der Waals surface area contributed by atoms with Crippen molar-refractivity contribution in [3.63, 3.8) is 0 Å². The van der Waals surface area contributed by atoms with Crippen molar-refractivity contribution in [3.05, 3.63) is 65.7 Å². The first kappa shape index (κ1) is 21.3. The van der Waals surface area contributed by atoms with Crippen molar-refractivity contribution >= 4 is 23.1 Å². The zero-order chi connectivity index (χ0) is 20.3. The summed E-state index contributed by atoms with van der Waals surface area (Å²) < 4.78 is 31.5. The second kappa shape index (κ2) is 7.93. The Kier molecular flexibility index (Phi) is 6.25. The van der Waals surface area contributed by atoms with Crippen LogP contribution in [-0.4, -0.2) is 51.4 Å². The van der Waals surface area contributed by atoms with E-state index >= 15 is 0 Å². The molecule has 5 nitrogen and oxygen atoms in total. The number of carbonyl (C=O) groups excluding carboxylic acids is 1. The number of methoxy groups -OCH3 is 1. The van der Waals surface area contributed by atoms with Gasteiger partial charge in [0.2, 0.25) is 0 Å². The molecule has 146 valence electrons. The summed E-state index contributed by atoms with van der Waals surface area (Å²) in [4.78, 5) is 13.0. The molecule has 0 radical (unpaired) electrons. The summed E-state index contributed by atoms with van der Waals surface area (Å²) in [5.74, 6) is -0.431. The average molecular weight is 437 g/mol. The molecule has 0 amide bonds. The Hall–Kier alpha value is -2.01. The first-order valence-corrected chi connectivity index (χ1v) is 12.3. The molecule has 0 fully saturated rings. The Balaban J connectivity index is 2.53. The van der Waals surface area contributed by atoms with Gasteiger partial charge in [0.25, 0.3) is 0 Å². The molecule has 0 N–H and O–H groups in total. The van der Waals surface area contributed by atoms with Gasteiger partial charge in [-0.2, -0.15) is 0 Å². The van der Waals surface area contributed by atoms with Crippen LogP contribution in [0.4, 0.5) is 0 Å². The quantitative estimate of drug-likeness (QED) is 0.380. The van der Waals surface area contributed by atoms with E-state index in [1.807, 2.05) is 52.3 Å². The van der Waals surface area contributed by atoms with Crippen molar-refractivity contribution in [3.8, 4) is 0 Å². The van der Waals surface area contributed by atoms with Gasteiger partial charge in [-0.25, -0.2) is 0 Å². The average Bonchev–Trinajstić information content (AvgIpc) is 2.62. The molecule has 2 aromatic rings. The normalized spacial score (nSPS) is 14.4. The second-order valence-corrected chi connectivity index (χ2v) is 12.0. The predicted octanol–water partition coefficient (Wildman–Crippen LogP) is 2.67. The van der Waals surface area contributed by atoms with Gasteiger partial charge >= 0.3 is 163 Å². The van der Waals surface area contributed by atoms with Crippen molar-refractivity contribution in [2.24, 2.45) is 0 Å². The van der Waals surface area contributed by atoms with Crippen molar-refractivity contribution in [2.45, 2.75) is 24.2 Å². The number of esters is 1. The molecule has 6 heteroatoms. The topological polar surface area (TPSA) is 60.4 Å². The molecule has 2 rings (SSSR count). The van der Waals surface area contributed by atoms with E-state index in [1.54, 1.807) is 30.3 Å². The third-order valence-corrected chi connectivity index (χ3v) is 8.67. The van der Waals surface area contributed by atoms with Gasteiger partial charge in [-0.1, -0.05) is 0 Å². The van der Waals surface area contributed by atoms with Crippen molar-refractivity contribution in [1.29, 1.82) is 0 Å². The molecule has 1 atom stereocenters. The van der Waals surface area contributed by atoms with Crippen molar-refractivity contribution in [2.75, 3.05) is 28.3 Å². The van der Waals surface area contributed by atoms with Crippen LogP contribution >= 0.6 is 0 Å². The number of benzene rings is 2. The summed E-state index contributed by atoms with van der Waals surface area (Å²) in [7, 11) is 7.01. The molecule has 0 aliphatic carbocycles. The molecule has 0 aliphatic heterocycles. The maximum absolute atomic E-state index is 13.0. The number of hydrogen-bond acceptors (Lipinski definition) is 4. The Morgan fingerprint density at radius 2 is 1.56 bits per heavy atom. The third-order valence-electron chi connectivity index (χ3n) is 5.03. The van der Waals surface area contributed by atoms with E-state index in [9.17, 15) is 12.5 Å². The monoisotopic (exact) mass is 438 g/mol. The number of ether oxygens (including phenoxy) is 1. The molecule has 0 aliphatic rings. The minimum atomic E-state index is -4.39. The van der Waals surface area contributed by atoms with Crippen LogP contribution in [0.3, 0.4) is 0 Å². The molecule has 0 saturated carbocycles. The van der Waals surface area contributed by atoms with Gasteiger partial charge in [0.1, 0.15) is 0 Å². The molecule has 0 spiro atoms. The summed E-state index contributed by atoms with van der Waals surface area (Å²) in [6.45, 7) is 1.97. The summed E-state index contributed by atoms with van der Waals surface area (Å²) in [5.41, 5.74) is 0.711. The van der Waals surface area contributed by atoms with E-state index in [-0.39, 0.29) is 16.2 Å². The minimum absolute atomic E-state index is 0.0843. The Morgan fingerprint density at radius 1 is 1.00 bits per heavy atom. The number of rotatable bonds is 7. The number of likely N-dealkylation sites (N-methyl/N-ethyl adjacent to an activating group) is 1. The van der Waals surface area contributed by atoms with E-state index in [4.69, 9.17) is 4.74 Å². The van der Waals surface area contributed by atoms with Gasteiger partial charge in [-0.15, -0.1) is 0 Å². The van der Waals surface area contributed by atoms with E-state index in [0.717, 1.165) is 11.1 Å². The van der Waals surface area contributed by atoms with Crippen molar-refractivity contribution < 1.29 is 21.7 Å². The standard InChI is InChI=1S/C21H28NO4Se/c1-17-11-13-18(14-12-17)21(20(23)26-5,22(2,3)4)15-16-27(24,25)19-9-7-6-8-10-19/h6-14H,15-16H2,1-5H3/q+1. The number of nitrogens with zero attached hydrogens (tertiary/aromatic N) is 1. The fraction of sp³-hybridized carbons (Fsp3) is 0.381. The van der Waals surface area contributed by atoms with Gasteiger partial charge in [-0.05, 0) is 0 Å². The fourth-order valence-corrected chi connectivity index (χ4v) is 6.26. The van der Waals surface area contributed by atoms with E-state index in [1.165, 1.54) is 7.11 Å². The van der Waals surface area contributed by atoms with Crippen LogP contribution in [0.5, 0.6) is 0 Å². The molecule has 27 heavy (non-hydrogen) atoms. The van der Waals surface area contributed by atoms with Gasteiger partial charge in [0, 0.05) is 0 Å². The van der Waals surface area contributed by atoms with Crippen LogP contribution in [0.15, 0.2) is 54.6 Å². The molecule has 1 unspecified atom stereocenters. The zero-order valence-electron chi connectivity index (χ0n) is 16.6. The predicted molar refractivity (Wildman–Crippen MR) is 106 cm³/mol. The van der Waals surface area contributed by atoms with Crippen LogP contribution in [0.1, 0.15) is 17.5 Å². The molecule has 0 bridgehead atoms. The number of aryl methyl sites for hydroxylation is 1. The van der Waals surface area contributed by atoms with Crippen LogP contribution in [0.2, 0.25) is 5.32 Å². The van der Waals surface area contributed by atoms with Crippen LogP contribution in [0, 0.1) is 6.92 Å². The summed E-state index contributed by atoms with van der Waals surface area (Å²) in [6, 6.07) is 16.1. The number of quaternary nitrogens is 1. The molecular weight excluding hydrogens is 409 g/mol. The van der Waals surface area contributed by atoms with Gasteiger partial charge < -0.3 is 0 Å². The first-order chi connectivity index (χ1) is 12.5. The first-order valence-electron chi connectivity index (χ1n) is 8.79. The molecule has 0 aromatic heterocycles. The molecule has 0 saturated heterocycles. The summed E-state index contributed by atoms with van der Waals surface area (Å²) in [6.07, 6.45) is 0.147. The SMILES string of the molecule is COC(=O)C(CC[Se](=O)(=O)c1ccccc1)(c1ccc(C)cc1)[N+](C)(C)C. The van der Waals surface area contributed by atoms with Gasteiger partial charge in [-0.3, -0.25) is 0 Å². The van der Waals surface area contributed by atoms with Crippen LogP contribution < -0.4 is 4.46 Å². The van der Waals surface area contributed by atoms with Crippen LogP contribution in [0.25, 0.3) is 0 Å². The number of carbonyl (C=O) groups is 1.